The van der Waals surface area contributed by atoms with E-state index in [-0.39, 0.29) is 6.04 Å². The lowest BCUT2D eigenvalue weighted by molar-refractivity contribution is 0.499. The van der Waals surface area contributed by atoms with Gasteiger partial charge in [-0.05, 0) is 47.1 Å². The van der Waals surface area contributed by atoms with Crippen LogP contribution in [0.1, 0.15) is 31.1 Å². The van der Waals surface area contributed by atoms with Crippen LogP contribution in [0.25, 0.3) is 0 Å². The van der Waals surface area contributed by atoms with E-state index in [1.165, 1.54) is 6.07 Å². The van der Waals surface area contributed by atoms with Crippen LogP contribution in [0.15, 0.2) is 28.9 Å². The van der Waals surface area contributed by atoms with Gasteiger partial charge >= 0.3 is 0 Å². The zero-order valence-corrected chi connectivity index (χ0v) is 12.9. The summed E-state index contributed by atoms with van der Waals surface area (Å²) in [4.78, 5) is 0. The summed E-state index contributed by atoms with van der Waals surface area (Å²) in [6, 6.07) is 3.72. The van der Waals surface area contributed by atoms with Crippen molar-refractivity contribution in [3.8, 4) is 0 Å². The maximum atomic E-state index is 13.5. The van der Waals surface area contributed by atoms with Gasteiger partial charge in [-0.3, -0.25) is 4.68 Å². The van der Waals surface area contributed by atoms with Crippen LogP contribution in [0.3, 0.4) is 0 Å². The van der Waals surface area contributed by atoms with E-state index >= 15 is 0 Å². The van der Waals surface area contributed by atoms with Crippen LogP contribution in [-0.2, 0) is 6.54 Å². The number of hydrogen-bond acceptors (Lipinski definition) is 2. The minimum Gasteiger partial charge on any atom is -0.305 e. The summed E-state index contributed by atoms with van der Waals surface area (Å²) >= 11 is 3.47. The summed E-state index contributed by atoms with van der Waals surface area (Å²) in [5, 5.41) is 7.55. The van der Waals surface area contributed by atoms with Gasteiger partial charge in [0.25, 0.3) is 0 Å². The molecule has 0 saturated carbocycles. The zero-order chi connectivity index (χ0) is 14.7. The van der Waals surface area contributed by atoms with E-state index < -0.39 is 11.6 Å². The number of halogens is 3. The van der Waals surface area contributed by atoms with Crippen LogP contribution in [0.2, 0.25) is 0 Å². The lowest BCUT2D eigenvalue weighted by Gasteiger charge is -2.20. The monoisotopic (exact) mass is 343 g/mol. The highest BCUT2D eigenvalue weighted by atomic mass is 79.9. The second-order valence-corrected chi connectivity index (χ2v) is 5.21. The number of aryl methyl sites for hydroxylation is 1. The predicted octanol–water partition coefficient (Wildman–Crippen LogP) is 3.64. The fourth-order valence-corrected chi connectivity index (χ4v) is 2.70. The number of nitrogens with one attached hydrogen (secondary N) is 1. The molecule has 20 heavy (non-hydrogen) atoms. The quantitative estimate of drug-likeness (QED) is 0.898. The van der Waals surface area contributed by atoms with Crippen molar-refractivity contribution in [1.29, 1.82) is 0 Å². The van der Waals surface area contributed by atoms with E-state index in [0.29, 0.717) is 18.7 Å². The van der Waals surface area contributed by atoms with Gasteiger partial charge in [0.2, 0.25) is 0 Å². The lowest BCUT2D eigenvalue weighted by atomic mass is 10.0. The highest BCUT2D eigenvalue weighted by Crippen LogP contribution is 2.29. The standard InChI is InChI=1S/C14H16BrF2N3/c1-3-18-13(9-5-6-11(16)12(17)7-9)14-10(15)8-19-20(14)4-2/h5-8,13,18H,3-4H2,1-2H3. The van der Waals surface area contributed by atoms with Crippen LogP contribution < -0.4 is 5.32 Å². The second-order valence-electron chi connectivity index (χ2n) is 4.36. The molecule has 0 saturated heterocycles. The molecule has 6 heteroatoms. The highest BCUT2D eigenvalue weighted by Gasteiger charge is 2.21. The Morgan fingerprint density at radius 2 is 2.05 bits per heavy atom. The topological polar surface area (TPSA) is 29.9 Å². The lowest BCUT2D eigenvalue weighted by Crippen LogP contribution is -2.25. The van der Waals surface area contributed by atoms with E-state index in [1.54, 1.807) is 12.3 Å². The number of hydrogen-bond donors (Lipinski definition) is 1. The molecular formula is C14H16BrF2N3. The van der Waals surface area contributed by atoms with Gasteiger partial charge in [0.05, 0.1) is 22.4 Å². The summed E-state index contributed by atoms with van der Waals surface area (Å²) in [5.74, 6) is -1.68. The Balaban J connectivity index is 2.49. The minimum atomic E-state index is -0.843. The molecule has 108 valence electrons. The van der Waals surface area contributed by atoms with E-state index in [2.05, 4.69) is 26.3 Å². The Labute approximate surface area is 125 Å². The maximum Gasteiger partial charge on any atom is 0.159 e. The first-order valence-corrected chi connectivity index (χ1v) is 7.27. The maximum absolute atomic E-state index is 13.5. The van der Waals surface area contributed by atoms with Gasteiger partial charge in [-0.25, -0.2) is 8.78 Å². The van der Waals surface area contributed by atoms with Crippen molar-refractivity contribution in [3.63, 3.8) is 0 Å². The zero-order valence-electron chi connectivity index (χ0n) is 11.3. The Bertz CT molecular complexity index is 598. The third-order valence-corrected chi connectivity index (χ3v) is 3.70. The van der Waals surface area contributed by atoms with Crippen molar-refractivity contribution in [3.05, 3.63) is 51.8 Å². The number of aromatic nitrogens is 2. The Hall–Kier alpha value is -1.27. The SMILES string of the molecule is CCNC(c1ccc(F)c(F)c1)c1c(Br)cnn1CC. The highest BCUT2D eigenvalue weighted by molar-refractivity contribution is 9.10. The van der Waals surface area contributed by atoms with E-state index in [1.807, 2.05) is 18.5 Å². The van der Waals surface area contributed by atoms with Crippen molar-refractivity contribution < 1.29 is 8.78 Å². The van der Waals surface area contributed by atoms with E-state index in [4.69, 9.17) is 0 Å². The summed E-state index contributed by atoms with van der Waals surface area (Å²) in [7, 11) is 0. The molecule has 1 aromatic carbocycles. The fourth-order valence-electron chi connectivity index (χ4n) is 2.18. The third-order valence-electron chi connectivity index (χ3n) is 3.09. The molecule has 2 rings (SSSR count). The van der Waals surface area contributed by atoms with Crippen molar-refractivity contribution in [1.82, 2.24) is 15.1 Å². The Morgan fingerprint density at radius 3 is 2.65 bits per heavy atom. The molecule has 1 heterocycles. The molecule has 1 unspecified atom stereocenters. The first-order valence-electron chi connectivity index (χ1n) is 6.48. The molecule has 1 aromatic heterocycles. The van der Waals surface area contributed by atoms with Gasteiger partial charge in [-0.15, -0.1) is 0 Å². The van der Waals surface area contributed by atoms with Gasteiger partial charge < -0.3 is 5.32 Å². The first-order chi connectivity index (χ1) is 9.58. The molecule has 0 fully saturated rings. The van der Waals surface area contributed by atoms with Crippen LogP contribution in [0.4, 0.5) is 8.78 Å². The molecule has 0 bridgehead atoms. The normalized spacial score (nSPS) is 12.7. The average molecular weight is 344 g/mol. The van der Waals surface area contributed by atoms with Crippen LogP contribution in [-0.4, -0.2) is 16.3 Å². The molecule has 1 atom stereocenters. The molecular weight excluding hydrogens is 328 g/mol. The van der Waals surface area contributed by atoms with Crippen molar-refractivity contribution in [2.75, 3.05) is 6.54 Å². The summed E-state index contributed by atoms with van der Waals surface area (Å²) in [5.41, 5.74) is 1.57. The predicted molar refractivity (Wildman–Crippen MR) is 77.5 cm³/mol. The molecule has 0 aliphatic heterocycles. The molecule has 2 aromatic rings. The Kier molecular flexibility index (Phi) is 4.88. The van der Waals surface area contributed by atoms with E-state index in [0.717, 1.165) is 16.2 Å². The molecule has 0 amide bonds. The second kappa shape index (κ2) is 6.45. The van der Waals surface area contributed by atoms with Gasteiger partial charge in [-0.2, -0.15) is 5.10 Å². The smallest absolute Gasteiger partial charge is 0.159 e. The summed E-state index contributed by atoms with van der Waals surface area (Å²) < 4.78 is 29.2. The van der Waals surface area contributed by atoms with Crippen LogP contribution in [0.5, 0.6) is 0 Å². The largest absolute Gasteiger partial charge is 0.305 e. The summed E-state index contributed by atoms with van der Waals surface area (Å²) in [6.45, 7) is 5.35. The molecule has 0 aliphatic rings. The molecule has 3 nitrogen and oxygen atoms in total. The number of nitrogens with zero attached hydrogens (tertiary/aromatic N) is 2. The van der Waals surface area contributed by atoms with Crippen LogP contribution in [0, 0.1) is 11.6 Å². The molecule has 1 N–H and O–H groups in total. The van der Waals surface area contributed by atoms with Crippen molar-refractivity contribution >= 4 is 15.9 Å². The Morgan fingerprint density at radius 1 is 1.30 bits per heavy atom. The number of rotatable bonds is 5. The molecule has 0 aliphatic carbocycles. The summed E-state index contributed by atoms with van der Waals surface area (Å²) in [6.07, 6.45) is 1.71. The third kappa shape index (κ3) is 2.91. The van der Waals surface area contributed by atoms with Crippen molar-refractivity contribution in [2.24, 2.45) is 0 Å². The average Bonchev–Trinajstić information content (AvgIpc) is 2.80. The van der Waals surface area contributed by atoms with Gasteiger partial charge in [0.1, 0.15) is 0 Å². The van der Waals surface area contributed by atoms with Gasteiger partial charge in [0, 0.05) is 6.54 Å². The number of benzene rings is 1. The van der Waals surface area contributed by atoms with Gasteiger partial charge in [-0.1, -0.05) is 13.0 Å². The fraction of sp³-hybridized carbons (Fsp3) is 0.357. The molecule has 0 radical (unpaired) electrons. The van der Waals surface area contributed by atoms with E-state index in [9.17, 15) is 8.78 Å². The minimum absolute atomic E-state index is 0.244. The first kappa shape index (κ1) is 15.1. The molecule has 0 spiro atoms. The van der Waals surface area contributed by atoms with Gasteiger partial charge in [0.15, 0.2) is 11.6 Å². The van der Waals surface area contributed by atoms with Crippen LogP contribution >= 0.6 is 15.9 Å². The van der Waals surface area contributed by atoms with Crippen molar-refractivity contribution in [2.45, 2.75) is 26.4 Å².